The Bertz CT molecular complexity index is 910. The van der Waals surface area contributed by atoms with Crippen LogP contribution in [0.5, 0.6) is 0 Å². The molecule has 2 N–H and O–H groups in total. The number of likely N-dealkylation sites (tertiary alicyclic amines) is 1. The second-order valence-electron chi connectivity index (χ2n) is 7.02. The fourth-order valence-corrected chi connectivity index (χ4v) is 3.72. The highest BCUT2D eigenvalue weighted by Gasteiger charge is 2.40. The van der Waals surface area contributed by atoms with Crippen LogP contribution in [0.4, 0.5) is 13.2 Å². The first-order valence-corrected chi connectivity index (χ1v) is 8.93. The molecule has 4 nitrogen and oxygen atoms in total. The number of rotatable bonds is 4. The van der Waals surface area contributed by atoms with Crippen LogP contribution in [-0.2, 0) is 4.79 Å². The second kappa shape index (κ2) is 8.03. The zero-order chi connectivity index (χ0) is 20.4. The van der Waals surface area contributed by atoms with Crippen LogP contribution in [0.25, 0.3) is 0 Å². The summed E-state index contributed by atoms with van der Waals surface area (Å²) >= 11 is 0. The summed E-state index contributed by atoms with van der Waals surface area (Å²) in [7, 11) is 0. The molecular formula is C21H20F3N3O. The van der Waals surface area contributed by atoms with E-state index in [1.165, 1.54) is 42.5 Å². The van der Waals surface area contributed by atoms with Crippen molar-refractivity contribution in [1.82, 2.24) is 4.90 Å². The van der Waals surface area contributed by atoms with Gasteiger partial charge in [-0.25, -0.2) is 13.2 Å². The number of amides is 1. The lowest BCUT2D eigenvalue weighted by Crippen LogP contribution is -2.49. The van der Waals surface area contributed by atoms with Crippen molar-refractivity contribution in [3.8, 4) is 6.07 Å². The smallest absolute Gasteiger partial charge is 0.241 e. The minimum absolute atomic E-state index is 0.0499. The predicted molar refractivity (Wildman–Crippen MR) is 98.0 cm³/mol. The van der Waals surface area contributed by atoms with Gasteiger partial charge < -0.3 is 10.6 Å². The molecular weight excluding hydrogens is 367 g/mol. The molecule has 146 valence electrons. The van der Waals surface area contributed by atoms with Crippen LogP contribution in [0.15, 0.2) is 42.5 Å². The highest BCUT2D eigenvalue weighted by molar-refractivity contribution is 5.84. The molecule has 0 bridgehead atoms. The quantitative estimate of drug-likeness (QED) is 0.876. The fourth-order valence-electron chi connectivity index (χ4n) is 3.72. The normalized spacial score (nSPS) is 21.2. The number of aryl methyl sites for hydroxylation is 1. The Morgan fingerprint density at radius 3 is 2.46 bits per heavy atom. The van der Waals surface area contributed by atoms with E-state index in [2.05, 4.69) is 0 Å². The Kier molecular flexibility index (Phi) is 5.71. The molecule has 2 aromatic carbocycles. The number of nitrogens with zero attached hydrogens (tertiary/aromatic N) is 2. The van der Waals surface area contributed by atoms with E-state index in [0.29, 0.717) is 16.7 Å². The number of carbonyl (C=O) groups excluding carboxylic acids is 1. The van der Waals surface area contributed by atoms with Gasteiger partial charge in [0.25, 0.3) is 0 Å². The maximum atomic E-state index is 13.8. The number of benzene rings is 2. The molecule has 0 spiro atoms. The number of nitrogens with two attached hydrogens (primary N) is 1. The molecule has 3 rings (SSSR count). The molecule has 1 aliphatic heterocycles. The summed E-state index contributed by atoms with van der Waals surface area (Å²) in [5.41, 5.74) is 8.07. The van der Waals surface area contributed by atoms with Crippen molar-refractivity contribution < 1.29 is 18.0 Å². The van der Waals surface area contributed by atoms with E-state index in [-0.39, 0.29) is 13.0 Å². The SMILES string of the molecule is Cc1cc(F)ccc1C(c1ccc(F)cc1)C(N)C(=O)N1CC(F)CC1C#N. The molecule has 4 unspecified atom stereocenters. The second-order valence-corrected chi connectivity index (χ2v) is 7.02. The van der Waals surface area contributed by atoms with Crippen molar-refractivity contribution in [3.63, 3.8) is 0 Å². The van der Waals surface area contributed by atoms with Crippen LogP contribution in [0.3, 0.4) is 0 Å². The Morgan fingerprint density at radius 1 is 1.21 bits per heavy atom. The van der Waals surface area contributed by atoms with E-state index in [4.69, 9.17) is 5.73 Å². The van der Waals surface area contributed by atoms with Gasteiger partial charge in [0.1, 0.15) is 23.8 Å². The molecule has 4 atom stereocenters. The third-order valence-electron chi connectivity index (χ3n) is 5.12. The van der Waals surface area contributed by atoms with Crippen LogP contribution in [0.1, 0.15) is 29.0 Å². The Labute approximate surface area is 161 Å². The van der Waals surface area contributed by atoms with E-state index < -0.39 is 41.7 Å². The monoisotopic (exact) mass is 387 g/mol. The largest absolute Gasteiger partial charge is 0.322 e. The van der Waals surface area contributed by atoms with Crippen molar-refractivity contribution in [2.24, 2.45) is 5.73 Å². The zero-order valence-corrected chi connectivity index (χ0v) is 15.3. The highest BCUT2D eigenvalue weighted by atomic mass is 19.1. The fraction of sp³-hybridized carbons (Fsp3) is 0.333. The van der Waals surface area contributed by atoms with Crippen molar-refractivity contribution in [1.29, 1.82) is 5.26 Å². The van der Waals surface area contributed by atoms with Gasteiger partial charge in [-0.1, -0.05) is 18.2 Å². The Hall–Kier alpha value is -2.85. The van der Waals surface area contributed by atoms with Crippen molar-refractivity contribution in [2.75, 3.05) is 6.54 Å². The maximum absolute atomic E-state index is 13.8. The summed E-state index contributed by atoms with van der Waals surface area (Å²) in [6, 6.07) is 9.58. The lowest BCUT2D eigenvalue weighted by atomic mass is 9.82. The summed E-state index contributed by atoms with van der Waals surface area (Å²) in [5.74, 6) is -2.14. The molecule has 0 saturated carbocycles. The molecule has 0 aliphatic carbocycles. The molecule has 0 aromatic heterocycles. The van der Waals surface area contributed by atoms with Gasteiger partial charge in [0, 0.05) is 12.3 Å². The molecule has 1 saturated heterocycles. The van der Waals surface area contributed by atoms with Gasteiger partial charge in [0.2, 0.25) is 5.91 Å². The number of hydrogen-bond donors (Lipinski definition) is 1. The summed E-state index contributed by atoms with van der Waals surface area (Å²) in [4.78, 5) is 14.2. The van der Waals surface area contributed by atoms with Gasteiger partial charge in [-0.15, -0.1) is 0 Å². The van der Waals surface area contributed by atoms with E-state index >= 15 is 0 Å². The van der Waals surface area contributed by atoms with E-state index in [9.17, 15) is 23.2 Å². The standard InChI is InChI=1S/C21H20F3N3O/c1-12-8-15(23)6-7-18(12)19(13-2-4-14(22)5-3-13)20(26)21(28)27-11-16(24)9-17(27)10-25/h2-8,16-17,19-20H,9,11,26H2,1H3. The first-order valence-electron chi connectivity index (χ1n) is 8.93. The Balaban J connectivity index is 2.02. The molecule has 2 aromatic rings. The highest BCUT2D eigenvalue weighted by Crippen LogP contribution is 2.32. The lowest BCUT2D eigenvalue weighted by molar-refractivity contribution is -0.133. The van der Waals surface area contributed by atoms with Gasteiger partial charge in [-0.2, -0.15) is 5.26 Å². The first-order chi connectivity index (χ1) is 13.3. The van der Waals surface area contributed by atoms with Gasteiger partial charge in [0.05, 0.1) is 18.7 Å². The number of hydrogen-bond acceptors (Lipinski definition) is 3. The van der Waals surface area contributed by atoms with Crippen LogP contribution in [-0.4, -0.2) is 35.6 Å². The van der Waals surface area contributed by atoms with Gasteiger partial charge in [0.15, 0.2) is 0 Å². The molecule has 28 heavy (non-hydrogen) atoms. The number of nitriles is 1. The minimum atomic E-state index is -1.28. The molecule has 1 heterocycles. The number of carbonyl (C=O) groups is 1. The van der Waals surface area contributed by atoms with Crippen LogP contribution in [0.2, 0.25) is 0 Å². The summed E-state index contributed by atoms with van der Waals surface area (Å²) in [5, 5.41) is 9.23. The van der Waals surface area contributed by atoms with E-state index in [1.807, 2.05) is 6.07 Å². The van der Waals surface area contributed by atoms with Gasteiger partial charge >= 0.3 is 0 Å². The minimum Gasteiger partial charge on any atom is -0.322 e. The van der Waals surface area contributed by atoms with Gasteiger partial charge in [-0.05, 0) is 47.9 Å². The topological polar surface area (TPSA) is 70.1 Å². The van der Waals surface area contributed by atoms with E-state index in [0.717, 1.165) is 4.90 Å². The average molecular weight is 387 g/mol. The lowest BCUT2D eigenvalue weighted by Gasteiger charge is -2.30. The zero-order valence-electron chi connectivity index (χ0n) is 15.3. The average Bonchev–Trinajstić information content (AvgIpc) is 3.05. The Morgan fingerprint density at radius 2 is 1.86 bits per heavy atom. The molecule has 0 radical (unpaired) electrons. The van der Waals surface area contributed by atoms with Crippen molar-refractivity contribution in [3.05, 3.63) is 70.8 Å². The maximum Gasteiger partial charge on any atom is 0.241 e. The predicted octanol–water partition coefficient (Wildman–Crippen LogP) is 3.20. The summed E-state index contributed by atoms with van der Waals surface area (Å²) < 4.78 is 40.7. The summed E-state index contributed by atoms with van der Waals surface area (Å²) in [6.45, 7) is 1.50. The van der Waals surface area contributed by atoms with Gasteiger partial charge in [-0.3, -0.25) is 4.79 Å². The molecule has 1 amide bonds. The molecule has 1 aliphatic rings. The third-order valence-corrected chi connectivity index (χ3v) is 5.12. The number of halogens is 3. The van der Waals surface area contributed by atoms with Crippen LogP contribution >= 0.6 is 0 Å². The third kappa shape index (κ3) is 3.87. The van der Waals surface area contributed by atoms with E-state index in [1.54, 1.807) is 6.92 Å². The molecule has 7 heteroatoms. The van der Waals surface area contributed by atoms with Crippen LogP contribution in [0, 0.1) is 29.9 Å². The summed E-state index contributed by atoms with van der Waals surface area (Å²) in [6.07, 6.45) is -1.33. The number of alkyl halides is 1. The van der Waals surface area contributed by atoms with Crippen LogP contribution < -0.4 is 5.73 Å². The van der Waals surface area contributed by atoms with Crippen molar-refractivity contribution in [2.45, 2.75) is 37.5 Å². The van der Waals surface area contributed by atoms with Crippen molar-refractivity contribution >= 4 is 5.91 Å². The molecule has 1 fully saturated rings. The first kappa shape index (κ1) is 19.9.